The first-order valence-electron chi connectivity index (χ1n) is 11.6. The first-order chi connectivity index (χ1) is 15.1. The Bertz CT molecular complexity index is 1050. The highest BCUT2D eigenvalue weighted by Crippen LogP contribution is 2.44. The molecule has 31 heavy (non-hydrogen) atoms. The van der Waals surface area contributed by atoms with E-state index < -0.39 is 0 Å². The van der Waals surface area contributed by atoms with Crippen molar-refractivity contribution in [1.82, 2.24) is 20.2 Å². The van der Waals surface area contributed by atoms with Crippen molar-refractivity contribution >= 4 is 22.7 Å². The molecule has 0 bridgehead atoms. The van der Waals surface area contributed by atoms with Crippen molar-refractivity contribution in [3.8, 4) is 0 Å². The van der Waals surface area contributed by atoms with Crippen molar-refractivity contribution < 1.29 is 9.59 Å². The van der Waals surface area contributed by atoms with E-state index >= 15 is 0 Å². The van der Waals surface area contributed by atoms with Gasteiger partial charge in [0.2, 0.25) is 11.8 Å². The summed E-state index contributed by atoms with van der Waals surface area (Å²) in [5.41, 5.74) is 0.547. The number of amides is 2. The van der Waals surface area contributed by atoms with Crippen molar-refractivity contribution in [1.29, 1.82) is 0 Å². The minimum absolute atomic E-state index is 0.0545. The number of rotatable bonds is 4. The molecule has 0 radical (unpaired) electrons. The van der Waals surface area contributed by atoms with Crippen LogP contribution in [0.25, 0.3) is 10.9 Å². The van der Waals surface area contributed by atoms with E-state index in [1.54, 1.807) is 6.07 Å². The maximum absolute atomic E-state index is 12.6. The van der Waals surface area contributed by atoms with Crippen molar-refractivity contribution in [2.75, 3.05) is 0 Å². The molecule has 2 N–H and O–H groups in total. The number of hydrogen-bond acceptors (Lipinski definition) is 4. The van der Waals surface area contributed by atoms with Crippen LogP contribution in [0.5, 0.6) is 0 Å². The molecule has 1 saturated heterocycles. The number of fused-ring (bicyclic) bond motifs is 4. The molecule has 5 rings (SSSR count). The summed E-state index contributed by atoms with van der Waals surface area (Å²) < 4.78 is 1.50. The highest BCUT2D eigenvalue weighted by molar-refractivity contribution is 5.80. The molecule has 1 aromatic heterocycles. The molecule has 2 amide bonds. The van der Waals surface area contributed by atoms with Crippen LogP contribution in [0.15, 0.2) is 35.4 Å². The first kappa shape index (κ1) is 20.2. The number of para-hydroxylation sites is 1. The van der Waals surface area contributed by atoms with Gasteiger partial charge < -0.3 is 10.6 Å². The Morgan fingerprint density at radius 3 is 2.84 bits per heavy atom. The van der Waals surface area contributed by atoms with E-state index in [0.717, 1.165) is 25.7 Å². The minimum atomic E-state index is -0.120. The van der Waals surface area contributed by atoms with Crippen LogP contribution in [0.1, 0.15) is 51.4 Å². The summed E-state index contributed by atoms with van der Waals surface area (Å²) in [6, 6.07) is 7.50. The van der Waals surface area contributed by atoms with Crippen LogP contribution in [-0.4, -0.2) is 33.4 Å². The van der Waals surface area contributed by atoms with Crippen molar-refractivity contribution in [2.45, 2.75) is 70.0 Å². The van der Waals surface area contributed by atoms with Gasteiger partial charge in [-0.15, -0.1) is 0 Å². The number of piperidine rings is 1. The van der Waals surface area contributed by atoms with Gasteiger partial charge in [0.1, 0.15) is 0 Å². The van der Waals surface area contributed by atoms with Gasteiger partial charge in [0.15, 0.2) is 0 Å². The van der Waals surface area contributed by atoms with Crippen LogP contribution in [-0.2, 0) is 16.1 Å². The van der Waals surface area contributed by atoms with Gasteiger partial charge in [-0.25, -0.2) is 4.98 Å². The van der Waals surface area contributed by atoms with Gasteiger partial charge in [0, 0.05) is 31.0 Å². The number of aryl methyl sites for hydroxylation is 1. The molecule has 1 aliphatic heterocycles. The van der Waals surface area contributed by atoms with Crippen LogP contribution in [0, 0.1) is 17.8 Å². The van der Waals surface area contributed by atoms with E-state index in [1.807, 2.05) is 18.2 Å². The number of nitrogens with one attached hydrogen (secondary N) is 2. The minimum Gasteiger partial charge on any atom is -0.353 e. The fourth-order valence-corrected chi connectivity index (χ4v) is 6.08. The normalized spacial score (nSPS) is 30.2. The third kappa shape index (κ3) is 3.98. The smallest absolute Gasteiger partial charge is 0.261 e. The standard InChI is InChI=1S/C24H30N4O3/c29-22(11-12-28-14-25-20-8-4-3-7-19(20)24(28)31)26-15-9-10-17-16-5-1-2-6-18(16)23(30)27-21(17)13-15/h3-4,7-8,14-18,21H,1-2,5-6,9-13H2,(H,26,29)(H,27,30). The predicted octanol–water partition coefficient (Wildman–Crippen LogP) is 2.38. The molecule has 0 spiro atoms. The van der Waals surface area contributed by atoms with Crippen LogP contribution in [0.2, 0.25) is 0 Å². The lowest BCUT2D eigenvalue weighted by Crippen LogP contribution is -2.59. The molecule has 2 heterocycles. The first-order valence-corrected chi connectivity index (χ1v) is 11.6. The summed E-state index contributed by atoms with van der Waals surface area (Å²) in [5.74, 6) is 1.45. The van der Waals surface area contributed by atoms with E-state index in [0.29, 0.717) is 29.3 Å². The fraction of sp³-hybridized carbons (Fsp3) is 0.583. The van der Waals surface area contributed by atoms with E-state index in [-0.39, 0.29) is 41.8 Å². The van der Waals surface area contributed by atoms with Crippen LogP contribution in [0.3, 0.4) is 0 Å². The molecule has 1 aromatic carbocycles. The molecule has 3 fully saturated rings. The molecule has 2 aliphatic carbocycles. The summed E-state index contributed by atoms with van der Waals surface area (Å²) in [6.07, 6.45) is 9.19. The summed E-state index contributed by atoms with van der Waals surface area (Å²) in [6.45, 7) is 0.307. The molecule has 5 atom stereocenters. The maximum Gasteiger partial charge on any atom is 0.261 e. The Balaban J connectivity index is 1.17. The Morgan fingerprint density at radius 2 is 1.94 bits per heavy atom. The quantitative estimate of drug-likeness (QED) is 0.791. The number of benzene rings is 1. The molecule has 2 aromatic rings. The van der Waals surface area contributed by atoms with Gasteiger partial charge >= 0.3 is 0 Å². The zero-order valence-corrected chi connectivity index (χ0v) is 17.8. The number of hydrogen-bond donors (Lipinski definition) is 2. The third-order valence-corrected chi connectivity index (χ3v) is 7.61. The molecule has 164 valence electrons. The third-order valence-electron chi connectivity index (χ3n) is 7.61. The molecule has 2 saturated carbocycles. The van der Waals surface area contributed by atoms with Gasteiger partial charge in [-0.3, -0.25) is 19.0 Å². The molecule has 7 heteroatoms. The average Bonchev–Trinajstić information content (AvgIpc) is 2.79. The van der Waals surface area contributed by atoms with E-state index in [4.69, 9.17) is 0 Å². The van der Waals surface area contributed by atoms with Gasteiger partial charge in [-0.05, 0) is 56.1 Å². The number of carbonyl (C=O) groups is 2. The Labute approximate surface area is 181 Å². The fourth-order valence-electron chi connectivity index (χ4n) is 6.08. The highest BCUT2D eigenvalue weighted by Gasteiger charge is 2.46. The zero-order valence-electron chi connectivity index (χ0n) is 17.8. The second kappa shape index (κ2) is 8.44. The number of aromatic nitrogens is 2. The van der Waals surface area contributed by atoms with Crippen LogP contribution >= 0.6 is 0 Å². The van der Waals surface area contributed by atoms with E-state index in [1.165, 1.54) is 30.2 Å². The van der Waals surface area contributed by atoms with Crippen molar-refractivity contribution in [3.05, 3.63) is 40.9 Å². The average molecular weight is 423 g/mol. The number of nitrogens with zero attached hydrogens (tertiary/aromatic N) is 2. The van der Waals surface area contributed by atoms with Gasteiger partial charge in [0.05, 0.1) is 17.2 Å². The topological polar surface area (TPSA) is 93.1 Å². The SMILES string of the molecule is O=C(CCn1cnc2ccccc2c1=O)NC1CCC2C(C1)NC(=O)C1CCCCC12. The largest absolute Gasteiger partial charge is 0.353 e. The Hall–Kier alpha value is -2.70. The monoisotopic (exact) mass is 422 g/mol. The second-order valence-corrected chi connectivity index (χ2v) is 9.42. The molecule has 3 aliphatic rings. The maximum atomic E-state index is 12.6. The summed E-state index contributed by atoms with van der Waals surface area (Å²) >= 11 is 0. The molecule has 5 unspecified atom stereocenters. The second-order valence-electron chi connectivity index (χ2n) is 9.42. The van der Waals surface area contributed by atoms with Crippen LogP contribution < -0.4 is 16.2 Å². The lowest BCUT2D eigenvalue weighted by Gasteiger charge is -2.49. The van der Waals surface area contributed by atoms with Crippen molar-refractivity contribution in [3.63, 3.8) is 0 Å². The number of carbonyl (C=O) groups excluding carboxylic acids is 2. The lowest BCUT2D eigenvalue weighted by molar-refractivity contribution is -0.135. The van der Waals surface area contributed by atoms with E-state index in [2.05, 4.69) is 15.6 Å². The zero-order chi connectivity index (χ0) is 21.4. The molecular formula is C24H30N4O3. The molecular weight excluding hydrogens is 392 g/mol. The van der Waals surface area contributed by atoms with Gasteiger partial charge in [-0.1, -0.05) is 25.0 Å². The van der Waals surface area contributed by atoms with Crippen LogP contribution in [0.4, 0.5) is 0 Å². The molecule has 7 nitrogen and oxygen atoms in total. The Kier molecular flexibility index (Phi) is 5.50. The summed E-state index contributed by atoms with van der Waals surface area (Å²) in [7, 11) is 0. The van der Waals surface area contributed by atoms with Gasteiger partial charge in [0.25, 0.3) is 5.56 Å². The van der Waals surface area contributed by atoms with Crippen molar-refractivity contribution in [2.24, 2.45) is 17.8 Å². The van der Waals surface area contributed by atoms with Gasteiger partial charge in [-0.2, -0.15) is 0 Å². The predicted molar refractivity (Wildman–Crippen MR) is 117 cm³/mol. The lowest BCUT2D eigenvalue weighted by atomic mass is 9.63. The van der Waals surface area contributed by atoms with E-state index in [9.17, 15) is 14.4 Å². The highest BCUT2D eigenvalue weighted by atomic mass is 16.2. The summed E-state index contributed by atoms with van der Waals surface area (Å²) in [4.78, 5) is 42.0. The summed E-state index contributed by atoms with van der Waals surface area (Å²) in [5, 5.41) is 6.97. The Morgan fingerprint density at radius 1 is 1.10 bits per heavy atom.